The lowest BCUT2D eigenvalue weighted by atomic mass is 9.86. The van der Waals surface area contributed by atoms with Gasteiger partial charge < -0.3 is 19.9 Å². The molecule has 3 aliphatic heterocycles. The molecule has 0 bridgehead atoms. The first kappa shape index (κ1) is 51.1. The van der Waals surface area contributed by atoms with E-state index in [1.165, 1.54) is 111 Å². The van der Waals surface area contributed by atoms with Gasteiger partial charge in [-0.3, -0.25) is 0 Å². The van der Waals surface area contributed by atoms with Crippen molar-refractivity contribution in [1.82, 2.24) is 15.1 Å². The van der Waals surface area contributed by atoms with Crippen LogP contribution in [-0.2, 0) is 24.1 Å². The molecule has 3 heterocycles. The topological polar surface area (TPSA) is 27.7 Å². The van der Waals surface area contributed by atoms with Crippen LogP contribution in [-0.4, -0.2) is 42.3 Å². The van der Waals surface area contributed by atoms with Gasteiger partial charge >= 0.3 is 0 Å². The summed E-state index contributed by atoms with van der Waals surface area (Å²) in [6, 6.07) is 12.9. The molecule has 59 heavy (non-hydrogen) atoms. The molecule has 2 aromatic carbocycles. The minimum Gasteiger partial charge on any atom is -0.354 e. The molecule has 3 aliphatic rings. The van der Waals surface area contributed by atoms with Crippen molar-refractivity contribution in [3.05, 3.63) is 155 Å². The normalized spacial score (nSPS) is 16.7. The summed E-state index contributed by atoms with van der Waals surface area (Å²) in [6.07, 6.45) is 23.0. The van der Waals surface area contributed by atoms with Crippen LogP contribution in [0.1, 0.15) is 142 Å². The second kappa shape index (κ2) is 28.5. The molecule has 4 nitrogen and oxygen atoms in total. The average molecular weight is 812 g/mol. The number of halogens is 2. The quantitative estimate of drug-likeness (QED) is 0.100. The van der Waals surface area contributed by atoms with Gasteiger partial charge in [-0.15, -0.1) is 0 Å². The third-order valence-electron chi connectivity index (χ3n) is 10.9. The number of ether oxygens (including phenoxy) is 1. The largest absolute Gasteiger partial charge is 0.354 e. The molecular weight excluding hydrogens is 733 g/mol. The smallest absolute Gasteiger partial charge is 0.148 e. The van der Waals surface area contributed by atoms with Crippen LogP contribution in [0.25, 0.3) is 0 Å². The Balaban J connectivity index is 0.000000680. The predicted octanol–water partition coefficient (Wildman–Crippen LogP) is 14.5. The zero-order valence-electron chi connectivity index (χ0n) is 38.2. The van der Waals surface area contributed by atoms with Gasteiger partial charge in [0.2, 0.25) is 0 Å². The highest BCUT2D eigenvalue weighted by Crippen LogP contribution is 2.43. The Bertz CT molecular complexity index is 1690. The van der Waals surface area contributed by atoms with E-state index in [4.69, 9.17) is 4.74 Å². The SMILES string of the molecule is C=CC1=CN2CC3OCC(C)N3C(=C)C2=C(CC(=C)Cc2ccc(CC(=C)CCCCCCCCCCCCC)cc2)C1=C.CC.CC.CNCc1ccc(F)cc1F. The highest BCUT2D eigenvalue weighted by Gasteiger charge is 2.42. The summed E-state index contributed by atoms with van der Waals surface area (Å²) < 4.78 is 31.2. The van der Waals surface area contributed by atoms with Crippen molar-refractivity contribution in [3.63, 3.8) is 0 Å². The second-order valence-electron chi connectivity index (χ2n) is 15.6. The summed E-state index contributed by atoms with van der Waals surface area (Å²) in [5.74, 6) is -1.04. The molecular formula is C53H79F2N3O. The van der Waals surface area contributed by atoms with Crippen LogP contribution >= 0.6 is 0 Å². The molecule has 0 spiro atoms. The Morgan fingerprint density at radius 1 is 0.814 bits per heavy atom. The Morgan fingerprint density at radius 3 is 1.92 bits per heavy atom. The second-order valence-corrected chi connectivity index (χ2v) is 15.6. The van der Waals surface area contributed by atoms with Gasteiger partial charge in [0.05, 0.1) is 30.6 Å². The molecule has 0 aliphatic carbocycles. The zero-order valence-corrected chi connectivity index (χ0v) is 38.2. The molecule has 0 aromatic heterocycles. The Kier molecular flexibility index (Phi) is 24.7. The first-order valence-corrected chi connectivity index (χ1v) is 22.7. The minimum absolute atomic E-state index is 0.0358. The molecule has 2 aromatic rings. The molecule has 0 radical (unpaired) electrons. The lowest BCUT2D eigenvalue weighted by Gasteiger charge is -2.45. The van der Waals surface area contributed by atoms with E-state index < -0.39 is 11.6 Å². The van der Waals surface area contributed by atoms with Crippen LogP contribution in [0.5, 0.6) is 0 Å². The third-order valence-corrected chi connectivity index (χ3v) is 10.9. The standard InChI is InChI=1S/C41H58N2O.C8H9F2N.2C2H6/c1-8-10-11-12-13-14-15-16-17-18-19-20-31(3)25-36-21-23-37(24-22-36)26-32(4)27-39-34(6)38(9-2)28-42-29-40-43(33(5)30-44-40)35(7)41(39)42;1-11-5-6-2-3-7(9)4-8(6)10;2*1-2/h9,21-24,28,33,40H,2-4,6-8,10-20,25-27,29-30H2,1,5H3;2-4,11H,5H2,1H3;2*1-2H3. The van der Waals surface area contributed by atoms with E-state index in [1.807, 2.05) is 33.8 Å². The first-order valence-electron chi connectivity index (χ1n) is 22.7. The minimum atomic E-state index is -0.539. The number of nitrogens with one attached hydrogen (secondary N) is 1. The number of benzene rings is 2. The van der Waals surface area contributed by atoms with Gasteiger partial charge in [-0.2, -0.15) is 0 Å². The van der Waals surface area contributed by atoms with E-state index in [0.29, 0.717) is 18.2 Å². The fraction of sp³-hybridized carbons (Fsp3) is 0.509. The fourth-order valence-electron chi connectivity index (χ4n) is 7.86. The maximum atomic E-state index is 12.8. The molecule has 0 amide bonds. The highest BCUT2D eigenvalue weighted by molar-refractivity contribution is 5.59. The number of rotatable bonds is 21. The number of piperazine rings is 1. The highest BCUT2D eigenvalue weighted by atomic mass is 19.1. The first-order chi connectivity index (χ1) is 28.6. The monoisotopic (exact) mass is 812 g/mol. The van der Waals surface area contributed by atoms with Gasteiger partial charge in [0.1, 0.15) is 17.9 Å². The lowest BCUT2D eigenvalue weighted by Crippen LogP contribution is -2.49. The predicted molar refractivity (Wildman–Crippen MR) is 251 cm³/mol. The molecule has 2 unspecified atom stereocenters. The number of hydrogen-bond acceptors (Lipinski definition) is 4. The Labute approximate surface area is 359 Å². The molecule has 2 atom stereocenters. The Morgan fingerprint density at radius 2 is 1.37 bits per heavy atom. The summed E-state index contributed by atoms with van der Waals surface area (Å²) in [5.41, 5.74) is 11.1. The average Bonchev–Trinajstić information content (AvgIpc) is 3.61. The summed E-state index contributed by atoms with van der Waals surface area (Å²) in [5, 5.41) is 2.78. The molecule has 1 N–H and O–H groups in total. The van der Waals surface area contributed by atoms with Gasteiger partial charge in [0, 0.05) is 24.4 Å². The number of allylic oxidation sites excluding steroid dienone is 6. The number of hydrogen-bond donors (Lipinski definition) is 1. The van der Waals surface area contributed by atoms with Crippen molar-refractivity contribution in [1.29, 1.82) is 0 Å². The number of unbranched alkanes of at least 4 members (excludes halogenated alkanes) is 10. The van der Waals surface area contributed by atoms with Crippen LogP contribution in [0.2, 0.25) is 0 Å². The molecule has 2 saturated heterocycles. The van der Waals surface area contributed by atoms with Crippen molar-refractivity contribution in [2.75, 3.05) is 20.2 Å². The maximum Gasteiger partial charge on any atom is 0.148 e. The van der Waals surface area contributed by atoms with Crippen molar-refractivity contribution in [2.24, 2.45) is 0 Å². The van der Waals surface area contributed by atoms with Crippen LogP contribution in [0, 0.1) is 11.6 Å². The van der Waals surface area contributed by atoms with Crippen molar-refractivity contribution < 1.29 is 13.5 Å². The van der Waals surface area contributed by atoms with E-state index in [9.17, 15) is 8.78 Å². The van der Waals surface area contributed by atoms with E-state index in [1.54, 1.807) is 7.05 Å². The summed E-state index contributed by atoms with van der Waals surface area (Å²) in [4.78, 5) is 4.62. The van der Waals surface area contributed by atoms with E-state index >= 15 is 0 Å². The fourth-order valence-corrected chi connectivity index (χ4v) is 7.86. The molecule has 326 valence electrons. The number of nitrogens with zero attached hydrogens (tertiary/aromatic N) is 2. The molecule has 5 rings (SSSR count). The van der Waals surface area contributed by atoms with Gasteiger partial charge in [-0.1, -0.05) is 179 Å². The van der Waals surface area contributed by atoms with Crippen molar-refractivity contribution in [3.8, 4) is 0 Å². The van der Waals surface area contributed by atoms with Crippen LogP contribution in [0.4, 0.5) is 8.78 Å². The maximum absolute atomic E-state index is 12.8. The van der Waals surface area contributed by atoms with Crippen molar-refractivity contribution in [2.45, 2.75) is 157 Å². The summed E-state index contributed by atoms with van der Waals surface area (Å²) in [7, 11) is 1.71. The Hall–Kier alpha value is -4.00. The lowest BCUT2D eigenvalue weighted by molar-refractivity contribution is 0.0169. The van der Waals surface area contributed by atoms with Crippen LogP contribution in [0.15, 0.2) is 127 Å². The van der Waals surface area contributed by atoms with Crippen LogP contribution < -0.4 is 5.32 Å². The van der Waals surface area contributed by atoms with Crippen molar-refractivity contribution >= 4 is 0 Å². The zero-order chi connectivity index (χ0) is 43.7. The van der Waals surface area contributed by atoms with Gasteiger partial charge in [0.25, 0.3) is 0 Å². The molecule has 0 saturated carbocycles. The van der Waals surface area contributed by atoms with E-state index in [2.05, 4.69) is 92.3 Å². The summed E-state index contributed by atoms with van der Waals surface area (Å²) >= 11 is 0. The molecule has 6 heteroatoms. The van der Waals surface area contributed by atoms with Gasteiger partial charge in [-0.25, -0.2) is 8.78 Å². The summed E-state index contributed by atoms with van der Waals surface area (Å²) in [6.45, 7) is 36.4. The van der Waals surface area contributed by atoms with E-state index in [0.717, 1.165) is 67.4 Å². The number of fused-ring (bicyclic) bond motifs is 2. The van der Waals surface area contributed by atoms with E-state index in [-0.39, 0.29) is 6.23 Å². The van der Waals surface area contributed by atoms with Gasteiger partial charge in [-0.05, 0) is 80.0 Å². The molecule has 2 fully saturated rings. The van der Waals surface area contributed by atoms with Crippen LogP contribution in [0.3, 0.4) is 0 Å². The third kappa shape index (κ3) is 16.5. The van der Waals surface area contributed by atoms with Gasteiger partial charge in [0.15, 0.2) is 0 Å².